The second-order valence-electron chi connectivity index (χ2n) is 6.74. The average Bonchev–Trinajstić information content (AvgIpc) is 2.80. The van der Waals surface area contributed by atoms with Gasteiger partial charge >= 0.3 is 0 Å². The Kier molecular flexibility index (Phi) is 6.79. The Bertz CT molecular complexity index is 586. The number of benzene rings is 1. The van der Waals surface area contributed by atoms with Gasteiger partial charge < -0.3 is 15.7 Å². The van der Waals surface area contributed by atoms with Crippen LogP contribution in [0.15, 0.2) is 18.2 Å². The first-order valence-electron chi connectivity index (χ1n) is 8.77. The van der Waals surface area contributed by atoms with Gasteiger partial charge in [-0.1, -0.05) is 25.3 Å². The average molecular weight is 332 g/mol. The fourth-order valence-electron chi connectivity index (χ4n) is 3.20. The summed E-state index contributed by atoms with van der Waals surface area (Å²) in [7, 11) is 0. The summed E-state index contributed by atoms with van der Waals surface area (Å²) >= 11 is 0. The molecule has 0 aromatic heterocycles. The quantitative estimate of drug-likeness (QED) is 0.723. The molecule has 0 aliphatic heterocycles. The second kappa shape index (κ2) is 8.83. The van der Waals surface area contributed by atoms with Crippen molar-refractivity contribution in [1.29, 1.82) is 0 Å². The van der Waals surface area contributed by atoms with E-state index < -0.39 is 0 Å². The van der Waals surface area contributed by atoms with Crippen molar-refractivity contribution in [1.82, 2.24) is 10.6 Å². The van der Waals surface area contributed by atoms with Crippen LogP contribution in [0.3, 0.4) is 0 Å². The van der Waals surface area contributed by atoms with E-state index in [2.05, 4.69) is 10.6 Å². The highest BCUT2D eigenvalue weighted by atomic mass is 16.3. The van der Waals surface area contributed by atoms with Gasteiger partial charge in [-0.05, 0) is 49.9 Å². The lowest BCUT2D eigenvalue weighted by molar-refractivity contribution is -0.121. The minimum Gasteiger partial charge on any atom is -0.396 e. The number of amides is 2. The molecular weight excluding hydrogens is 304 g/mol. The Morgan fingerprint density at radius 1 is 1.12 bits per heavy atom. The van der Waals surface area contributed by atoms with Crippen LogP contribution < -0.4 is 10.6 Å². The van der Waals surface area contributed by atoms with Gasteiger partial charge in [0.2, 0.25) is 5.91 Å². The molecular formula is C19H28N2O3. The molecule has 132 valence electrons. The predicted octanol–water partition coefficient (Wildman–Crippen LogP) is 2.09. The van der Waals surface area contributed by atoms with Crippen LogP contribution >= 0.6 is 0 Å². The normalized spacial score (nSPS) is 21.0. The van der Waals surface area contributed by atoms with Crippen LogP contribution in [0.4, 0.5) is 0 Å². The van der Waals surface area contributed by atoms with E-state index in [0.29, 0.717) is 5.56 Å². The van der Waals surface area contributed by atoms with E-state index in [1.807, 2.05) is 26.0 Å². The monoisotopic (exact) mass is 332 g/mol. The maximum Gasteiger partial charge on any atom is 0.251 e. The molecule has 5 heteroatoms. The minimum atomic E-state index is -0.243. The van der Waals surface area contributed by atoms with Gasteiger partial charge in [0.1, 0.15) is 0 Å². The maximum atomic E-state index is 12.1. The van der Waals surface area contributed by atoms with E-state index in [1.165, 1.54) is 0 Å². The number of nitrogens with one attached hydrogen (secondary N) is 2. The Hall–Kier alpha value is -1.88. The van der Waals surface area contributed by atoms with Gasteiger partial charge in [-0.25, -0.2) is 0 Å². The van der Waals surface area contributed by atoms with Crippen molar-refractivity contribution in [3.05, 3.63) is 34.9 Å². The fourth-order valence-corrected chi connectivity index (χ4v) is 3.20. The van der Waals surface area contributed by atoms with E-state index in [-0.39, 0.29) is 36.9 Å². The van der Waals surface area contributed by atoms with Crippen LogP contribution in [-0.4, -0.2) is 36.1 Å². The summed E-state index contributed by atoms with van der Waals surface area (Å²) in [6, 6.07) is 5.50. The van der Waals surface area contributed by atoms with Crippen LogP contribution in [0, 0.1) is 19.8 Å². The van der Waals surface area contributed by atoms with E-state index >= 15 is 0 Å². The summed E-state index contributed by atoms with van der Waals surface area (Å²) in [5.41, 5.74) is 2.75. The first-order chi connectivity index (χ1) is 11.5. The van der Waals surface area contributed by atoms with Gasteiger partial charge in [0, 0.05) is 24.1 Å². The molecule has 1 aromatic rings. The van der Waals surface area contributed by atoms with Gasteiger partial charge in [0.25, 0.3) is 5.91 Å². The predicted molar refractivity (Wildman–Crippen MR) is 93.8 cm³/mol. The largest absolute Gasteiger partial charge is 0.396 e. The molecule has 0 saturated heterocycles. The van der Waals surface area contributed by atoms with Crippen molar-refractivity contribution in [3.8, 4) is 0 Å². The molecule has 3 N–H and O–H groups in total. The summed E-state index contributed by atoms with van der Waals surface area (Å²) in [4.78, 5) is 24.3. The number of aliphatic hydroxyl groups excluding tert-OH is 1. The Balaban J connectivity index is 1.85. The molecule has 2 unspecified atom stereocenters. The maximum absolute atomic E-state index is 12.1. The fraction of sp³-hybridized carbons (Fsp3) is 0.579. The molecule has 0 spiro atoms. The first kappa shape index (κ1) is 18.5. The van der Waals surface area contributed by atoms with Crippen molar-refractivity contribution in [2.75, 3.05) is 13.2 Å². The number of carbonyl (C=O) groups excluding carboxylic acids is 2. The molecule has 1 saturated carbocycles. The van der Waals surface area contributed by atoms with Crippen molar-refractivity contribution in [2.45, 2.75) is 52.0 Å². The molecule has 0 radical (unpaired) electrons. The van der Waals surface area contributed by atoms with E-state index in [4.69, 9.17) is 0 Å². The van der Waals surface area contributed by atoms with Gasteiger partial charge in [-0.2, -0.15) is 0 Å². The second-order valence-corrected chi connectivity index (χ2v) is 6.74. The lowest BCUT2D eigenvalue weighted by atomic mass is 9.95. The SMILES string of the molecule is Cc1ccc(C(=O)NCC(=O)NC2CCCCCC2CO)cc1C. The zero-order chi connectivity index (χ0) is 17.5. The van der Waals surface area contributed by atoms with Crippen molar-refractivity contribution >= 4 is 11.8 Å². The zero-order valence-electron chi connectivity index (χ0n) is 14.6. The first-order valence-corrected chi connectivity index (χ1v) is 8.77. The number of carbonyl (C=O) groups is 2. The van der Waals surface area contributed by atoms with Crippen LogP contribution in [0.1, 0.15) is 53.6 Å². The Morgan fingerprint density at radius 2 is 1.88 bits per heavy atom. The molecule has 1 aliphatic carbocycles. The van der Waals surface area contributed by atoms with Gasteiger partial charge in [-0.3, -0.25) is 9.59 Å². The molecule has 2 amide bonds. The number of aryl methyl sites for hydroxylation is 2. The molecule has 2 rings (SSSR count). The molecule has 24 heavy (non-hydrogen) atoms. The molecule has 1 fully saturated rings. The third-order valence-corrected chi connectivity index (χ3v) is 4.92. The number of rotatable bonds is 5. The van der Waals surface area contributed by atoms with Gasteiger partial charge in [-0.15, -0.1) is 0 Å². The van der Waals surface area contributed by atoms with Crippen molar-refractivity contribution < 1.29 is 14.7 Å². The molecule has 0 bridgehead atoms. The minimum absolute atomic E-state index is 0.00326. The van der Waals surface area contributed by atoms with E-state index in [1.54, 1.807) is 6.07 Å². The van der Waals surface area contributed by atoms with Crippen LogP contribution in [0.25, 0.3) is 0 Å². The third kappa shape index (κ3) is 5.06. The highest BCUT2D eigenvalue weighted by Gasteiger charge is 2.24. The summed E-state index contributed by atoms with van der Waals surface area (Å²) < 4.78 is 0. The van der Waals surface area contributed by atoms with Gasteiger partial charge in [0.15, 0.2) is 0 Å². The molecule has 1 aliphatic rings. The summed E-state index contributed by atoms with van der Waals surface area (Å²) in [5, 5.41) is 15.1. The van der Waals surface area contributed by atoms with Crippen LogP contribution in [0.2, 0.25) is 0 Å². The topological polar surface area (TPSA) is 78.4 Å². The third-order valence-electron chi connectivity index (χ3n) is 4.92. The van der Waals surface area contributed by atoms with Crippen molar-refractivity contribution in [3.63, 3.8) is 0 Å². The molecule has 2 atom stereocenters. The number of hydrogen-bond acceptors (Lipinski definition) is 3. The molecule has 1 aromatic carbocycles. The summed E-state index contributed by atoms with van der Waals surface area (Å²) in [5.74, 6) is -0.322. The van der Waals surface area contributed by atoms with Crippen LogP contribution in [-0.2, 0) is 4.79 Å². The Labute approximate surface area is 143 Å². The highest BCUT2D eigenvalue weighted by Crippen LogP contribution is 2.23. The number of aliphatic hydroxyl groups is 1. The molecule has 0 heterocycles. The van der Waals surface area contributed by atoms with E-state index in [9.17, 15) is 14.7 Å². The number of hydrogen-bond donors (Lipinski definition) is 3. The summed E-state index contributed by atoms with van der Waals surface area (Å²) in [6.07, 6.45) is 5.14. The van der Waals surface area contributed by atoms with E-state index in [0.717, 1.165) is 43.2 Å². The highest BCUT2D eigenvalue weighted by molar-refractivity contribution is 5.96. The lowest BCUT2D eigenvalue weighted by Crippen LogP contribution is -2.45. The van der Waals surface area contributed by atoms with Crippen LogP contribution in [0.5, 0.6) is 0 Å². The van der Waals surface area contributed by atoms with Crippen molar-refractivity contribution in [2.24, 2.45) is 5.92 Å². The standard InChI is InChI=1S/C19H28N2O3/c1-13-8-9-15(10-14(13)2)19(24)20-11-18(23)21-17-7-5-3-4-6-16(17)12-22/h8-10,16-17,22H,3-7,11-12H2,1-2H3,(H,20,24)(H,21,23). The smallest absolute Gasteiger partial charge is 0.251 e. The van der Waals surface area contributed by atoms with Gasteiger partial charge in [0.05, 0.1) is 6.54 Å². The molecule has 5 nitrogen and oxygen atoms in total. The summed E-state index contributed by atoms with van der Waals surface area (Å²) in [6.45, 7) is 4.01. The Morgan fingerprint density at radius 3 is 2.58 bits per heavy atom. The lowest BCUT2D eigenvalue weighted by Gasteiger charge is -2.24. The zero-order valence-corrected chi connectivity index (χ0v) is 14.6.